The zero-order valence-electron chi connectivity index (χ0n) is 25.6. The van der Waals surface area contributed by atoms with Crippen molar-refractivity contribution in [1.82, 2.24) is 16.0 Å². The van der Waals surface area contributed by atoms with Crippen LogP contribution in [0.25, 0.3) is 0 Å². The third-order valence-electron chi connectivity index (χ3n) is 10.5. The lowest BCUT2D eigenvalue weighted by atomic mass is 9.87. The normalized spacial score (nSPS) is 35.9. The first-order chi connectivity index (χ1) is 20.2. The molecule has 10 heteroatoms. The van der Waals surface area contributed by atoms with E-state index in [-0.39, 0.29) is 37.9 Å². The fraction of sp³-hybridized carbons (Fsp3) is 0.545. The summed E-state index contributed by atoms with van der Waals surface area (Å²) in [6, 6.07) is 0. The number of aliphatic hydroxyl groups is 1. The molecule has 6 aliphatic heterocycles. The molecule has 6 aliphatic rings. The average molecular weight is 592 g/mol. The Hall–Kier alpha value is -3.31. The highest BCUT2D eigenvalue weighted by Crippen LogP contribution is 2.44. The monoisotopic (exact) mass is 591 g/mol. The molecule has 0 saturated carbocycles. The summed E-state index contributed by atoms with van der Waals surface area (Å²) in [7, 11) is 0. The van der Waals surface area contributed by atoms with E-state index in [0.717, 1.165) is 33.4 Å². The molecule has 0 aromatic rings. The lowest BCUT2D eigenvalue weighted by Gasteiger charge is -2.31. The predicted octanol–water partition coefficient (Wildman–Crippen LogP) is 1.98. The molecule has 0 spiro atoms. The summed E-state index contributed by atoms with van der Waals surface area (Å²) in [5.74, 6) is -1.97. The summed E-state index contributed by atoms with van der Waals surface area (Å²) >= 11 is 0. The summed E-state index contributed by atoms with van der Waals surface area (Å²) in [6.07, 6.45) is 10.0. The molecule has 3 amide bonds. The molecule has 6 heterocycles. The second kappa shape index (κ2) is 10.1. The minimum atomic E-state index is -2.32. The summed E-state index contributed by atoms with van der Waals surface area (Å²) < 4.78 is 18.3. The lowest BCUT2D eigenvalue weighted by molar-refractivity contribution is -0.150. The molecule has 10 nitrogen and oxygen atoms in total. The number of amides is 3. The minimum absolute atomic E-state index is 0.0619. The van der Waals surface area contributed by atoms with Gasteiger partial charge in [-0.25, -0.2) is 0 Å². The van der Waals surface area contributed by atoms with E-state index in [2.05, 4.69) is 16.0 Å². The van der Waals surface area contributed by atoms with Crippen molar-refractivity contribution in [2.75, 3.05) is 19.6 Å². The van der Waals surface area contributed by atoms with Crippen LogP contribution in [0.4, 0.5) is 0 Å². The van der Waals surface area contributed by atoms with Crippen molar-refractivity contribution in [2.24, 2.45) is 0 Å². The van der Waals surface area contributed by atoms with Gasteiger partial charge in [-0.3, -0.25) is 14.4 Å². The number of hydrogen-bond acceptors (Lipinski definition) is 7. The molecule has 0 aromatic heterocycles. The smallest absolute Gasteiger partial charge is 0.253 e. The average Bonchev–Trinajstić information content (AvgIpc) is 3.81. The van der Waals surface area contributed by atoms with Gasteiger partial charge in [0, 0.05) is 0 Å². The molecule has 0 radical (unpaired) electrons. The van der Waals surface area contributed by atoms with Crippen LogP contribution < -0.4 is 16.0 Å². The fourth-order valence-corrected chi connectivity index (χ4v) is 7.04. The second-order valence-electron chi connectivity index (χ2n) is 12.9. The molecule has 6 unspecified atom stereocenters. The highest BCUT2D eigenvalue weighted by Gasteiger charge is 2.49. The maximum atomic E-state index is 13.6. The molecule has 0 aliphatic carbocycles. The van der Waals surface area contributed by atoms with E-state index in [0.29, 0.717) is 0 Å². The van der Waals surface area contributed by atoms with Crippen LogP contribution in [0.15, 0.2) is 69.9 Å². The van der Waals surface area contributed by atoms with Crippen molar-refractivity contribution < 1.29 is 33.7 Å². The highest BCUT2D eigenvalue weighted by molar-refractivity contribution is 5.95. The molecule has 43 heavy (non-hydrogen) atoms. The first-order valence-corrected chi connectivity index (χ1v) is 14.9. The van der Waals surface area contributed by atoms with E-state index in [1.54, 1.807) is 0 Å². The number of fused-ring (bicyclic) bond motifs is 6. The van der Waals surface area contributed by atoms with Gasteiger partial charge in [-0.15, -0.1) is 0 Å². The standard InChI is InChI=1S/C33H41N3O7/c1-18-21(4)31(10-7-24(18)41-31)15-34-27(37)13-30(40,29(39)36-17-33-12-9-26(43-33)20(3)23(33)6)14-28(38)35-16-32-11-8-25(42-32)19(2)22(32)5/h7-12,24-26,40H,13-17H2,1-6H3,(H,34,37)(H,35,38)(H,36,39). The topological polar surface area (TPSA) is 135 Å². The molecular formula is C33H41N3O7. The van der Waals surface area contributed by atoms with Crippen LogP contribution in [-0.2, 0) is 28.6 Å². The highest BCUT2D eigenvalue weighted by atomic mass is 16.5. The Morgan fingerprint density at radius 1 is 0.651 bits per heavy atom. The van der Waals surface area contributed by atoms with Gasteiger partial charge >= 0.3 is 0 Å². The number of hydrogen-bond donors (Lipinski definition) is 4. The van der Waals surface area contributed by atoms with Gasteiger partial charge < -0.3 is 35.3 Å². The van der Waals surface area contributed by atoms with Crippen molar-refractivity contribution >= 4 is 17.7 Å². The summed E-state index contributed by atoms with van der Waals surface area (Å²) in [6.45, 7) is 12.2. The van der Waals surface area contributed by atoms with Crippen LogP contribution in [0, 0.1) is 0 Å². The van der Waals surface area contributed by atoms with E-state index < -0.39 is 53.0 Å². The van der Waals surface area contributed by atoms with Crippen molar-refractivity contribution in [3.8, 4) is 0 Å². The van der Waals surface area contributed by atoms with Crippen molar-refractivity contribution in [3.05, 3.63) is 69.9 Å². The SMILES string of the molecule is CC1=C(C)C2(CNC(=O)CC(O)(CC(=O)NCC34C=CC(O3)C(C)=C4C)C(=O)NCC34C=CC(O3)C(C)=C4C)C=CC1O2. The maximum Gasteiger partial charge on any atom is 0.253 e. The zero-order valence-corrected chi connectivity index (χ0v) is 25.6. The molecule has 6 atom stereocenters. The molecule has 230 valence electrons. The summed E-state index contributed by atoms with van der Waals surface area (Å²) in [5, 5.41) is 20.1. The van der Waals surface area contributed by atoms with Gasteiger partial charge in [-0.2, -0.15) is 0 Å². The Morgan fingerprint density at radius 2 is 0.977 bits per heavy atom. The Kier molecular flexibility index (Phi) is 7.00. The molecule has 6 rings (SSSR count). The quantitative estimate of drug-likeness (QED) is 0.270. The summed E-state index contributed by atoms with van der Waals surface area (Å²) in [5.41, 5.74) is 1.73. The van der Waals surface area contributed by atoms with Crippen LogP contribution in [0.1, 0.15) is 54.4 Å². The molecular weight excluding hydrogens is 550 g/mol. The van der Waals surface area contributed by atoms with Crippen LogP contribution in [0.3, 0.4) is 0 Å². The van der Waals surface area contributed by atoms with E-state index in [4.69, 9.17) is 14.2 Å². The largest absolute Gasteiger partial charge is 0.379 e. The fourth-order valence-electron chi connectivity index (χ4n) is 7.04. The van der Waals surface area contributed by atoms with Gasteiger partial charge in [0.2, 0.25) is 11.8 Å². The Morgan fingerprint density at radius 3 is 1.28 bits per heavy atom. The van der Waals surface area contributed by atoms with Gasteiger partial charge in [0.15, 0.2) is 5.60 Å². The van der Waals surface area contributed by atoms with Gasteiger partial charge in [0.25, 0.3) is 5.91 Å². The third-order valence-corrected chi connectivity index (χ3v) is 10.5. The van der Waals surface area contributed by atoms with Gasteiger partial charge in [-0.05, 0) is 93.2 Å². The van der Waals surface area contributed by atoms with Crippen LogP contribution in [0.2, 0.25) is 0 Å². The number of ether oxygens (including phenoxy) is 3. The first kappa shape index (κ1) is 29.7. The molecule has 4 N–H and O–H groups in total. The number of rotatable bonds is 11. The molecule has 0 aromatic carbocycles. The molecule has 6 bridgehead atoms. The Bertz CT molecular complexity index is 1410. The predicted molar refractivity (Wildman–Crippen MR) is 159 cm³/mol. The van der Waals surface area contributed by atoms with Crippen molar-refractivity contribution in [1.29, 1.82) is 0 Å². The third kappa shape index (κ3) is 4.66. The minimum Gasteiger partial charge on any atom is -0.379 e. The maximum absolute atomic E-state index is 13.6. The molecule has 0 saturated heterocycles. The van der Waals surface area contributed by atoms with E-state index in [9.17, 15) is 19.5 Å². The van der Waals surface area contributed by atoms with Crippen LogP contribution in [-0.4, -0.2) is 83.2 Å². The first-order valence-electron chi connectivity index (χ1n) is 14.9. The van der Waals surface area contributed by atoms with E-state index in [1.165, 1.54) is 0 Å². The van der Waals surface area contributed by atoms with Crippen LogP contribution in [0.5, 0.6) is 0 Å². The van der Waals surface area contributed by atoms with Crippen molar-refractivity contribution in [2.45, 2.75) is 95.1 Å². The number of carbonyl (C=O) groups excluding carboxylic acids is 3. The number of carbonyl (C=O) groups is 3. The molecule has 0 fully saturated rings. The summed E-state index contributed by atoms with van der Waals surface area (Å²) in [4.78, 5) is 40.1. The Balaban J connectivity index is 1.14. The second-order valence-corrected chi connectivity index (χ2v) is 12.9. The van der Waals surface area contributed by atoms with Gasteiger partial charge in [0.1, 0.15) is 16.8 Å². The van der Waals surface area contributed by atoms with Gasteiger partial charge in [-0.1, -0.05) is 18.2 Å². The van der Waals surface area contributed by atoms with Crippen molar-refractivity contribution in [3.63, 3.8) is 0 Å². The van der Waals surface area contributed by atoms with E-state index in [1.807, 2.05) is 78.0 Å². The van der Waals surface area contributed by atoms with E-state index >= 15 is 0 Å². The zero-order chi connectivity index (χ0) is 30.9. The van der Waals surface area contributed by atoms with Crippen LogP contribution >= 0.6 is 0 Å². The lowest BCUT2D eigenvalue weighted by Crippen LogP contribution is -2.56. The van der Waals surface area contributed by atoms with Gasteiger partial charge in [0.05, 0.1) is 50.8 Å². The Labute approximate surface area is 252 Å². The number of nitrogens with one attached hydrogen (secondary N) is 3.